The maximum absolute atomic E-state index is 4.59. The van der Waals surface area contributed by atoms with Gasteiger partial charge in [-0.1, -0.05) is 13.0 Å². The largest absolute Gasteiger partial charge is 0.331 e. The van der Waals surface area contributed by atoms with E-state index in [1.165, 1.54) is 11.1 Å². The predicted octanol–water partition coefficient (Wildman–Crippen LogP) is 1.92. The van der Waals surface area contributed by atoms with Crippen molar-refractivity contribution in [2.24, 2.45) is 7.05 Å². The second kappa shape index (κ2) is 6.17. The number of hydrogen-bond donors (Lipinski definition) is 1. The van der Waals surface area contributed by atoms with E-state index in [1.807, 2.05) is 6.92 Å². The minimum absolute atomic E-state index is 0.969. The van der Waals surface area contributed by atoms with Gasteiger partial charge < -0.3 is 14.8 Å². The summed E-state index contributed by atoms with van der Waals surface area (Å²) in [5.41, 5.74) is 3.62. The minimum Gasteiger partial charge on any atom is -0.331 e. The van der Waals surface area contributed by atoms with Crippen LogP contribution in [0.4, 0.5) is 0 Å². The first kappa shape index (κ1) is 14.0. The zero-order chi connectivity index (χ0) is 13.8. The van der Waals surface area contributed by atoms with Gasteiger partial charge in [-0.25, -0.2) is 4.98 Å². The molecule has 0 aliphatic heterocycles. The molecule has 0 unspecified atom stereocenters. The summed E-state index contributed by atoms with van der Waals surface area (Å²) in [6.45, 7) is 8.29. The van der Waals surface area contributed by atoms with Crippen molar-refractivity contribution in [2.75, 3.05) is 26.7 Å². The first-order valence-electron chi connectivity index (χ1n) is 6.93. The molecule has 0 saturated carbocycles. The Labute approximate surface area is 115 Å². The van der Waals surface area contributed by atoms with E-state index in [-0.39, 0.29) is 0 Å². The third-order valence-corrected chi connectivity index (χ3v) is 3.54. The Kier molecular flexibility index (Phi) is 4.56. The second-order valence-corrected chi connectivity index (χ2v) is 5.13. The molecule has 4 nitrogen and oxygen atoms in total. The summed E-state index contributed by atoms with van der Waals surface area (Å²) in [4.78, 5) is 6.92. The summed E-state index contributed by atoms with van der Waals surface area (Å²) in [5.74, 6) is 1.06. The Morgan fingerprint density at radius 3 is 2.89 bits per heavy atom. The molecule has 0 atom stereocenters. The van der Waals surface area contributed by atoms with Crippen LogP contribution < -0.4 is 5.32 Å². The highest BCUT2D eigenvalue weighted by Gasteiger charge is 2.06. The summed E-state index contributed by atoms with van der Waals surface area (Å²) in [7, 11) is 4.22. The summed E-state index contributed by atoms with van der Waals surface area (Å²) < 4.78 is 2.13. The molecular weight excluding hydrogens is 236 g/mol. The maximum Gasteiger partial charge on any atom is 0.106 e. The molecule has 2 aromatic rings. The molecule has 4 heteroatoms. The maximum atomic E-state index is 4.59. The summed E-state index contributed by atoms with van der Waals surface area (Å²) in [6.07, 6.45) is 0. The number of aromatic nitrogens is 2. The fourth-order valence-electron chi connectivity index (χ4n) is 2.30. The lowest BCUT2D eigenvalue weighted by atomic mass is 10.2. The van der Waals surface area contributed by atoms with Gasteiger partial charge in [0.05, 0.1) is 11.0 Å². The monoisotopic (exact) mass is 260 g/mol. The molecule has 0 aliphatic rings. The van der Waals surface area contributed by atoms with E-state index < -0.39 is 0 Å². The van der Waals surface area contributed by atoms with Gasteiger partial charge in [0.25, 0.3) is 0 Å². The Balaban J connectivity index is 2.05. The Morgan fingerprint density at radius 1 is 1.37 bits per heavy atom. The number of benzene rings is 1. The van der Waals surface area contributed by atoms with Crippen molar-refractivity contribution in [2.45, 2.75) is 20.4 Å². The van der Waals surface area contributed by atoms with Gasteiger partial charge in [0.1, 0.15) is 5.82 Å². The van der Waals surface area contributed by atoms with Crippen LogP contribution in [0.15, 0.2) is 18.2 Å². The van der Waals surface area contributed by atoms with Gasteiger partial charge in [-0.05, 0) is 38.2 Å². The van der Waals surface area contributed by atoms with Crippen molar-refractivity contribution in [3.63, 3.8) is 0 Å². The molecule has 0 amide bonds. The van der Waals surface area contributed by atoms with Crippen LogP contribution in [0.25, 0.3) is 11.0 Å². The fourth-order valence-corrected chi connectivity index (χ4v) is 2.30. The molecule has 1 aromatic heterocycles. The van der Waals surface area contributed by atoms with E-state index in [0.717, 1.165) is 37.5 Å². The van der Waals surface area contributed by atoms with Crippen LogP contribution in [0.2, 0.25) is 0 Å². The summed E-state index contributed by atoms with van der Waals surface area (Å²) in [5, 5.41) is 3.35. The number of nitrogens with one attached hydrogen (secondary N) is 1. The number of fused-ring (bicyclic) bond motifs is 1. The molecule has 0 bridgehead atoms. The van der Waals surface area contributed by atoms with Crippen molar-refractivity contribution in [3.05, 3.63) is 29.6 Å². The van der Waals surface area contributed by atoms with Crippen molar-refractivity contribution in [1.82, 2.24) is 19.8 Å². The molecule has 0 radical (unpaired) electrons. The van der Waals surface area contributed by atoms with Crippen molar-refractivity contribution in [3.8, 4) is 0 Å². The van der Waals surface area contributed by atoms with Crippen LogP contribution in [-0.2, 0) is 13.6 Å². The molecule has 2 rings (SSSR count). The van der Waals surface area contributed by atoms with Crippen molar-refractivity contribution >= 4 is 11.0 Å². The van der Waals surface area contributed by atoms with E-state index in [9.17, 15) is 0 Å². The minimum atomic E-state index is 0.969. The number of hydrogen-bond acceptors (Lipinski definition) is 3. The van der Waals surface area contributed by atoms with Gasteiger partial charge in [0.15, 0.2) is 0 Å². The second-order valence-electron chi connectivity index (χ2n) is 5.13. The van der Waals surface area contributed by atoms with E-state index in [2.05, 4.69) is 59.0 Å². The lowest BCUT2D eigenvalue weighted by Crippen LogP contribution is -2.28. The van der Waals surface area contributed by atoms with Gasteiger partial charge in [-0.2, -0.15) is 0 Å². The van der Waals surface area contributed by atoms with E-state index in [4.69, 9.17) is 0 Å². The van der Waals surface area contributed by atoms with Crippen LogP contribution in [0.1, 0.15) is 18.3 Å². The molecule has 104 valence electrons. The van der Waals surface area contributed by atoms with Gasteiger partial charge in [0, 0.05) is 26.7 Å². The molecule has 0 fully saturated rings. The van der Waals surface area contributed by atoms with Gasteiger partial charge >= 0.3 is 0 Å². The SMILES string of the molecule is CCNCCN(C)Cc1ccc2c(c1)nc(C)n2C. The Morgan fingerprint density at radius 2 is 2.16 bits per heavy atom. The molecular formula is C15H24N4. The molecule has 0 saturated heterocycles. The quantitative estimate of drug-likeness (QED) is 0.806. The topological polar surface area (TPSA) is 33.1 Å². The fraction of sp³-hybridized carbons (Fsp3) is 0.533. The van der Waals surface area contributed by atoms with Gasteiger partial charge in [-0.15, -0.1) is 0 Å². The first-order chi connectivity index (χ1) is 9.11. The van der Waals surface area contributed by atoms with Crippen LogP contribution in [0.3, 0.4) is 0 Å². The lowest BCUT2D eigenvalue weighted by Gasteiger charge is -2.16. The van der Waals surface area contributed by atoms with Crippen LogP contribution in [0, 0.1) is 6.92 Å². The Bertz CT molecular complexity index is 544. The van der Waals surface area contributed by atoms with E-state index in [1.54, 1.807) is 0 Å². The van der Waals surface area contributed by atoms with E-state index >= 15 is 0 Å². The van der Waals surface area contributed by atoms with Crippen LogP contribution in [0.5, 0.6) is 0 Å². The average Bonchev–Trinajstić information content (AvgIpc) is 2.65. The highest BCUT2D eigenvalue weighted by molar-refractivity contribution is 5.76. The standard InChI is InChI=1S/C15H24N4/c1-5-16-8-9-18(3)11-13-6-7-15-14(10-13)17-12(2)19(15)4/h6-7,10,16H,5,8-9,11H2,1-4H3. The number of rotatable bonds is 6. The van der Waals surface area contributed by atoms with Crippen molar-refractivity contribution < 1.29 is 0 Å². The van der Waals surface area contributed by atoms with Crippen LogP contribution in [-0.4, -0.2) is 41.1 Å². The number of nitrogens with zero attached hydrogens (tertiary/aromatic N) is 3. The molecule has 1 aromatic carbocycles. The Hall–Kier alpha value is -1.39. The first-order valence-corrected chi connectivity index (χ1v) is 6.93. The van der Waals surface area contributed by atoms with E-state index in [0.29, 0.717) is 0 Å². The molecule has 0 aliphatic carbocycles. The third-order valence-electron chi connectivity index (χ3n) is 3.54. The number of aryl methyl sites for hydroxylation is 2. The van der Waals surface area contributed by atoms with Gasteiger partial charge in [0.2, 0.25) is 0 Å². The van der Waals surface area contributed by atoms with Crippen LogP contribution >= 0.6 is 0 Å². The number of imidazole rings is 1. The van der Waals surface area contributed by atoms with Crippen molar-refractivity contribution in [1.29, 1.82) is 0 Å². The summed E-state index contributed by atoms with van der Waals surface area (Å²) >= 11 is 0. The predicted molar refractivity (Wildman–Crippen MR) is 80.3 cm³/mol. The highest BCUT2D eigenvalue weighted by Crippen LogP contribution is 2.17. The normalized spacial score (nSPS) is 11.6. The highest BCUT2D eigenvalue weighted by atomic mass is 15.1. The third kappa shape index (κ3) is 3.33. The zero-order valence-corrected chi connectivity index (χ0v) is 12.4. The molecule has 1 N–H and O–H groups in total. The zero-order valence-electron chi connectivity index (χ0n) is 12.4. The smallest absolute Gasteiger partial charge is 0.106 e. The number of likely N-dealkylation sites (N-methyl/N-ethyl adjacent to an activating group) is 2. The average molecular weight is 260 g/mol. The lowest BCUT2D eigenvalue weighted by molar-refractivity contribution is 0.326. The summed E-state index contributed by atoms with van der Waals surface area (Å²) in [6, 6.07) is 6.57. The molecule has 0 spiro atoms. The molecule has 19 heavy (non-hydrogen) atoms. The van der Waals surface area contributed by atoms with Gasteiger partial charge in [-0.3, -0.25) is 0 Å². The molecule has 1 heterocycles.